The van der Waals surface area contributed by atoms with Gasteiger partial charge in [0.1, 0.15) is 0 Å². The van der Waals surface area contributed by atoms with Crippen molar-refractivity contribution in [3.05, 3.63) is 5.82 Å². The zero-order valence-electron chi connectivity index (χ0n) is 12.7. The Balaban J connectivity index is 2.25. The molecule has 0 fully saturated rings. The third kappa shape index (κ3) is 5.69. The fourth-order valence-electron chi connectivity index (χ4n) is 2.16. The van der Waals surface area contributed by atoms with E-state index in [2.05, 4.69) is 30.7 Å². The largest absolute Gasteiger partial charge is 0.703 e. The number of thioether (sulfide) groups is 1. The smallest absolute Gasteiger partial charge is 0.235 e. The van der Waals surface area contributed by atoms with E-state index in [0.717, 1.165) is 6.42 Å². The predicted molar refractivity (Wildman–Crippen MR) is 84.4 cm³/mol. The summed E-state index contributed by atoms with van der Waals surface area (Å²) in [6.45, 7) is 4.56. The Hall–Kier alpha value is -0.290. The number of aryl methyl sites for hydroxylation is 1. The first-order chi connectivity index (χ1) is 9.06. The van der Waals surface area contributed by atoms with Crippen molar-refractivity contribution in [2.24, 2.45) is 14.1 Å². The zero-order valence-corrected chi connectivity index (χ0v) is 14.3. The van der Waals surface area contributed by atoms with Crippen LogP contribution in [0.5, 0.6) is 0 Å². The number of unbranched alkanes of at least 4 members (excludes halogenated alkanes) is 4. The van der Waals surface area contributed by atoms with Crippen LogP contribution in [-0.4, -0.2) is 20.8 Å². The molecule has 0 amide bonds. The number of hydrogen-bond donors (Lipinski definition) is 0. The lowest BCUT2D eigenvalue weighted by Crippen LogP contribution is -2.36. The molecule has 0 aromatic carbocycles. The molecular weight excluding hydrogens is 274 g/mol. The van der Waals surface area contributed by atoms with Gasteiger partial charge in [0.05, 0.1) is 14.1 Å². The van der Waals surface area contributed by atoms with Gasteiger partial charge in [0, 0.05) is 16.8 Å². The van der Waals surface area contributed by atoms with Crippen LogP contribution < -0.4 is 4.57 Å². The predicted octanol–water partition coefficient (Wildman–Crippen LogP) is 2.79. The molecule has 1 aromatic heterocycles. The van der Waals surface area contributed by atoms with E-state index in [1.807, 2.05) is 23.3 Å². The molecule has 1 heterocycles. The van der Waals surface area contributed by atoms with Crippen molar-refractivity contribution in [2.75, 3.05) is 5.75 Å². The molecule has 110 valence electrons. The molecule has 0 bridgehead atoms. The Morgan fingerprint density at radius 3 is 2.58 bits per heavy atom. The van der Waals surface area contributed by atoms with Crippen LogP contribution in [0.2, 0.25) is 0 Å². The highest BCUT2D eigenvalue weighted by Crippen LogP contribution is 2.17. The van der Waals surface area contributed by atoms with Crippen molar-refractivity contribution in [1.82, 2.24) is 9.78 Å². The summed E-state index contributed by atoms with van der Waals surface area (Å²) in [7, 11) is 3.99. The summed E-state index contributed by atoms with van der Waals surface area (Å²) >= 11 is 7.25. The molecule has 0 N–H and O–H groups in total. The summed E-state index contributed by atoms with van der Waals surface area (Å²) in [6.07, 6.45) is 7.86. The van der Waals surface area contributed by atoms with Crippen LogP contribution in [0.3, 0.4) is 0 Å². The summed E-state index contributed by atoms with van der Waals surface area (Å²) in [4.78, 5) is 0. The summed E-state index contributed by atoms with van der Waals surface area (Å²) < 4.78 is 3.94. The molecule has 19 heavy (non-hydrogen) atoms. The van der Waals surface area contributed by atoms with Gasteiger partial charge in [0.2, 0.25) is 5.82 Å². The van der Waals surface area contributed by atoms with Crippen molar-refractivity contribution >= 4 is 24.4 Å². The summed E-state index contributed by atoms with van der Waals surface area (Å²) in [6, 6.07) is 0. The maximum Gasteiger partial charge on any atom is 0.235 e. The fraction of sp³-hybridized carbons (Fsp3) is 0.857. The van der Waals surface area contributed by atoms with Crippen molar-refractivity contribution in [3.8, 4) is 0 Å². The molecule has 1 atom stereocenters. The Kier molecular flexibility index (Phi) is 7.76. The van der Waals surface area contributed by atoms with Gasteiger partial charge in [-0.05, 0) is 12.2 Å². The molecule has 1 rings (SSSR count). The third-order valence-corrected chi connectivity index (χ3v) is 5.02. The van der Waals surface area contributed by atoms with Gasteiger partial charge in [0.25, 0.3) is 0 Å². The Morgan fingerprint density at radius 2 is 2.00 bits per heavy atom. The minimum absolute atomic E-state index is 0.627. The Morgan fingerprint density at radius 1 is 1.32 bits per heavy atom. The maximum absolute atomic E-state index is 5.19. The molecule has 0 spiro atoms. The molecular formula is C14H27N3S2. The maximum atomic E-state index is 5.19. The van der Waals surface area contributed by atoms with Crippen molar-refractivity contribution < 1.29 is 4.57 Å². The number of hydrogen-bond acceptors (Lipinski definition) is 3. The highest BCUT2D eigenvalue weighted by molar-refractivity contribution is 7.99. The molecule has 0 aliphatic rings. The van der Waals surface area contributed by atoms with Crippen LogP contribution in [0.25, 0.3) is 0 Å². The average Bonchev–Trinajstić information content (AvgIpc) is 2.60. The van der Waals surface area contributed by atoms with Crippen LogP contribution in [0.4, 0.5) is 0 Å². The molecule has 1 aromatic rings. The molecule has 1 unspecified atom stereocenters. The van der Waals surface area contributed by atoms with E-state index in [0.29, 0.717) is 10.4 Å². The van der Waals surface area contributed by atoms with Crippen LogP contribution in [-0.2, 0) is 33.1 Å². The van der Waals surface area contributed by atoms with Crippen molar-refractivity contribution in [1.29, 1.82) is 0 Å². The SMILES string of the molecule is CCCCCCCSC(C)Cc1n(C)nc([S-])[n+]1C. The van der Waals surface area contributed by atoms with Gasteiger partial charge < -0.3 is 12.6 Å². The van der Waals surface area contributed by atoms with E-state index >= 15 is 0 Å². The molecule has 3 nitrogen and oxygen atoms in total. The molecule has 0 aliphatic heterocycles. The minimum atomic E-state index is 0.627. The van der Waals surface area contributed by atoms with Crippen molar-refractivity contribution in [2.45, 2.75) is 62.8 Å². The molecule has 5 heteroatoms. The lowest BCUT2D eigenvalue weighted by atomic mass is 10.2. The number of nitrogens with zero attached hydrogens (tertiary/aromatic N) is 3. The second kappa shape index (κ2) is 8.80. The van der Waals surface area contributed by atoms with Gasteiger partial charge in [-0.2, -0.15) is 11.8 Å². The van der Waals surface area contributed by atoms with E-state index in [1.165, 1.54) is 43.7 Å². The second-order valence-electron chi connectivity index (χ2n) is 5.18. The van der Waals surface area contributed by atoms with Gasteiger partial charge in [-0.3, -0.25) is 4.57 Å². The van der Waals surface area contributed by atoms with Crippen LogP contribution in [0.15, 0.2) is 5.16 Å². The normalized spacial score (nSPS) is 12.8. The van der Waals surface area contributed by atoms with Gasteiger partial charge in [-0.15, -0.1) is 4.68 Å². The second-order valence-corrected chi connectivity index (χ2v) is 7.09. The van der Waals surface area contributed by atoms with E-state index in [1.54, 1.807) is 0 Å². The number of rotatable bonds is 9. The van der Waals surface area contributed by atoms with E-state index in [-0.39, 0.29) is 0 Å². The summed E-state index contributed by atoms with van der Waals surface area (Å²) in [5.41, 5.74) is 0. The van der Waals surface area contributed by atoms with Gasteiger partial charge in [0.15, 0.2) is 5.16 Å². The lowest BCUT2D eigenvalue weighted by Gasteiger charge is -2.10. The molecule has 0 saturated carbocycles. The molecule has 0 aliphatic carbocycles. The zero-order chi connectivity index (χ0) is 14.3. The van der Waals surface area contributed by atoms with Crippen LogP contribution in [0, 0.1) is 0 Å². The van der Waals surface area contributed by atoms with Crippen molar-refractivity contribution in [3.63, 3.8) is 0 Å². The topological polar surface area (TPSA) is 21.7 Å². The Labute approximate surface area is 127 Å². The average molecular weight is 302 g/mol. The van der Waals surface area contributed by atoms with E-state index in [4.69, 9.17) is 12.6 Å². The number of aromatic nitrogens is 3. The quantitative estimate of drug-likeness (QED) is 0.398. The van der Waals surface area contributed by atoms with Crippen LogP contribution >= 0.6 is 11.8 Å². The summed E-state index contributed by atoms with van der Waals surface area (Å²) in [5.74, 6) is 2.49. The summed E-state index contributed by atoms with van der Waals surface area (Å²) in [5, 5.41) is 5.58. The molecule has 0 radical (unpaired) electrons. The first kappa shape index (κ1) is 16.8. The first-order valence-corrected chi connectivity index (χ1v) is 8.72. The minimum Gasteiger partial charge on any atom is -0.703 e. The van der Waals surface area contributed by atoms with Gasteiger partial charge >= 0.3 is 0 Å². The highest BCUT2D eigenvalue weighted by atomic mass is 32.2. The van der Waals surface area contributed by atoms with Gasteiger partial charge in [-0.1, -0.05) is 39.5 Å². The lowest BCUT2D eigenvalue weighted by molar-refractivity contribution is -0.716. The third-order valence-electron chi connectivity index (χ3n) is 3.40. The van der Waals surface area contributed by atoms with Crippen LogP contribution in [0.1, 0.15) is 51.8 Å². The monoisotopic (exact) mass is 301 g/mol. The molecule has 0 saturated heterocycles. The standard InChI is InChI=1S/C14H27N3S2/c1-5-6-7-8-9-10-19-12(2)11-13-16(3)14(18)15-17(13)4/h12H,5-11H2,1-4H3. The van der Waals surface area contributed by atoms with E-state index < -0.39 is 0 Å². The fourth-order valence-corrected chi connectivity index (χ4v) is 3.42. The first-order valence-electron chi connectivity index (χ1n) is 7.26. The van der Waals surface area contributed by atoms with E-state index in [9.17, 15) is 0 Å². The van der Waals surface area contributed by atoms with Gasteiger partial charge in [-0.25, -0.2) is 0 Å². The highest BCUT2D eigenvalue weighted by Gasteiger charge is 2.17. The Bertz CT molecular complexity index is 377.